The summed E-state index contributed by atoms with van der Waals surface area (Å²) in [6, 6.07) is 0. The van der Waals surface area contributed by atoms with Gasteiger partial charge in [0.05, 0.1) is 6.17 Å². The summed E-state index contributed by atoms with van der Waals surface area (Å²) in [4.78, 5) is 0. The van der Waals surface area contributed by atoms with Crippen molar-refractivity contribution < 1.29 is 0 Å². The molecule has 0 radical (unpaired) electrons. The van der Waals surface area contributed by atoms with Crippen LogP contribution < -0.4 is 11.5 Å². The second kappa shape index (κ2) is 5.55. The molecule has 0 aromatic carbocycles. The maximum atomic E-state index is 5.66. The Labute approximate surface area is 76.7 Å². The average Bonchev–Trinajstić information content (AvgIpc) is 1.98. The largest absolute Gasteiger partial charge is 0.316 e. The second-order valence-corrected chi connectivity index (χ2v) is 4.33. The van der Waals surface area contributed by atoms with Gasteiger partial charge in [-0.05, 0) is 11.8 Å². The summed E-state index contributed by atoms with van der Waals surface area (Å²) in [5.41, 5.74) is 11.4. The topological polar surface area (TPSA) is 52.0 Å². The highest BCUT2D eigenvalue weighted by Crippen LogP contribution is 2.24. The fraction of sp³-hybridized carbons (Fsp3) is 1.00. The monoisotopic (exact) mass is 172 g/mol. The first-order valence-electron chi connectivity index (χ1n) is 5.02. The van der Waals surface area contributed by atoms with Gasteiger partial charge in [0.2, 0.25) is 0 Å². The number of nitrogens with two attached hydrogens (primary N) is 2. The van der Waals surface area contributed by atoms with Crippen LogP contribution in [0.25, 0.3) is 0 Å². The van der Waals surface area contributed by atoms with Crippen LogP contribution in [-0.4, -0.2) is 6.17 Å². The Kier molecular flexibility index (Phi) is 5.51. The third kappa shape index (κ3) is 4.73. The van der Waals surface area contributed by atoms with Crippen LogP contribution in [0.5, 0.6) is 0 Å². The zero-order valence-corrected chi connectivity index (χ0v) is 8.77. The van der Waals surface area contributed by atoms with Crippen molar-refractivity contribution in [2.45, 2.75) is 59.0 Å². The molecule has 0 unspecified atom stereocenters. The zero-order chi connectivity index (χ0) is 9.61. The molecule has 0 amide bonds. The fourth-order valence-electron chi connectivity index (χ4n) is 1.17. The summed E-state index contributed by atoms with van der Waals surface area (Å²) in [6.45, 7) is 6.51. The lowest BCUT2D eigenvalue weighted by molar-refractivity contribution is 0.257. The molecule has 0 aromatic heterocycles. The van der Waals surface area contributed by atoms with E-state index in [0.717, 1.165) is 6.42 Å². The van der Waals surface area contributed by atoms with Crippen LogP contribution >= 0.6 is 0 Å². The minimum Gasteiger partial charge on any atom is -0.316 e. The molecule has 74 valence electrons. The van der Waals surface area contributed by atoms with E-state index in [2.05, 4.69) is 20.8 Å². The van der Waals surface area contributed by atoms with Crippen LogP contribution in [0.4, 0.5) is 0 Å². The minimum absolute atomic E-state index is 0.105. The molecular weight excluding hydrogens is 148 g/mol. The zero-order valence-electron chi connectivity index (χ0n) is 8.77. The summed E-state index contributed by atoms with van der Waals surface area (Å²) in [5.74, 6) is 0. The van der Waals surface area contributed by atoms with E-state index < -0.39 is 0 Å². The molecule has 0 saturated carbocycles. The van der Waals surface area contributed by atoms with E-state index in [9.17, 15) is 0 Å². The van der Waals surface area contributed by atoms with Crippen molar-refractivity contribution in [2.75, 3.05) is 0 Å². The van der Waals surface area contributed by atoms with Gasteiger partial charge in [0.1, 0.15) is 0 Å². The first-order chi connectivity index (χ1) is 5.50. The number of hydrogen-bond donors (Lipinski definition) is 2. The molecule has 4 N–H and O–H groups in total. The maximum absolute atomic E-state index is 5.66. The molecule has 0 aliphatic carbocycles. The van der Waals surface area contributed by atoms with Crippen LogP contribution in [0, 0.1) is 5.41 Å². The van der Waals surface area contributed by atoms with E-state index in [4.69, 9.17) is 11.5 Å². The number of hydrogen-bond acceptors (Lipinski definition) is 2. The average molecular weight is 172 g/mol. The molecule has 0 aromatic rings. The molecule has 0 spiro atoms. The van der Waals surface area contributed by atoms with Gasteiger partial charge in [-0.3, -0.25) is 0 Å². The highest BCUT2D eigenvalue weighted by molar-refractivity contribution is 4.76. The van der Waals surface area contributed by atoms with Gasteiger partial charge in [0.25, 0.3) is 0 Å². The van der Waals surface area contributed by atoms with Gasteiger partial charge in [-0.15, -0.1) is 0 Å². The lowest BCUT2D eigenvalue weighted by Gasteiger charge is -2.28. The number of rotatable bonds is 6. The smallest absolute Gasteiger partial charge is 0.0573 e. The van der Waals surface area contributed by atoms with E-state index in [1.807, 2.05) is 0 Å². The van der Waals surface area contributed by atoms with Crippen molar-refractivity contribution in [1.29, 1.82) is 0 Å². The molecule has 0 saturated heterocycles. The van der Waals surface area contributed by atoms with Gasteiger partial charge >= 0.3 is 0 Å². The first-order valence-corrected chi connectivity index (χ1v) is 5.02. The highest BCUT2D eigenvalue weighted by atomic mass is 14.9. The minimum atomic E-state index is -0.181. The standard InChI is InChI=1S/C10H24N2/c1-4-5-6-7-8-10(2,3)9(11)12/h9H,4-8,11-12H2,1-3H3. The van der Waals surface area contributed by atoms with Gasteiger partial charge in [-0.25, -0.2) is 0 Å². The van der Waals surface area contributed by atoms with Crippen molar-refractivity contribution in [2.24, 2.45) is 16.9 Å². The first kappa shape index (κ1) is 11.9. The van der Waals surface area contributed by atoms with E-state index >= 15 is 0 Å². The van der Waals surface area contributed by atoms with Crippen molar-refractivity contribution in [1.82, 2.24) is 0 Å². The molecule has 2 nitrogen and oxygen atoms in total. The summed E-state index contributed by atoms with van der Waals surface area (Å²) in [5, 5.41) is 0. The second-order valence-electron chi connectivity index (χ2n) is 4.33. The van der Waals surface area contributed by atoms with Gasteiger partial charge in [-0.2, -0.15) is 0 Å². The van der Waals surface area contributed by atoms with E-state index in [-0.39, 0.29) is 11.6 Å². The van der Waals surface area contributed by atoms with Crippen molar-refractivity contribution >= 4 is 0 Å². The molecule has 0 bridgehead atoms. The SMILES string of the molecule is CCCCCCC(C)(C)C(N)N. The van der Waals surface area contributed by atoms with Gasteiger partial charge in [-0.1, -0.05) is 46.5 Å². The van der Waals surface area contributed by atoms with Gasteiger partial charge < -0.3 is 11.5 Å². The third-order valence-electron chi connectivity index (χ3n) is 2.58. The van der Waals surface area contributed by atoms with Gasteiger partial charge in [0, 0.05) is 0 Å². The molecule has 12 heavy (non-hydrogen) atoms. The third-order valence-corrected chi connectivity index (χ3v) is 2.58. The molecule has 0 rings (SSSR count). The number of unbranched alkanes of at least 4 members (excludes halogenated alkanes) is 3. The lowest BCUT2D eigenvalue weighted by Crippen LogP contribution is -2.44. The van der Waals surface area contributed by atoms with Gasteiger partial charge in [0.15, 0.2) is 0 Å². The summed E-state index contributed by atoms with van der Waals surface area (Å²) >= 11 is 0. The van der Waals surface area contributed by atoms with Crippen molar-refractivity contribution in [3.8, 4) is 0 Å². The molecule has 0 fully saturated rings. The Hall–Kier alpha value is -0.0800. The van der Waals surface area contributed by atoms with Crippen LogP contribution in [0.3, 0.4) is 0 Å². The summed E-state index contributed by atoms with van der Waals surface area (Å²) < 4.78 is 0. The fourth-order valence-corrected chi connectivity index (χ4v) is 1.17. The molecule has 2 heteroatoms. The predicted molar refractivity (Wildman–Crippen MR) is 54.7 cm³/mol. The molecule has 0 heterocycles. The van der Waals surface area contributed by atoms with Crippen molar-refractivity contribution in [3.63, 3.8) is 0 Å². The molecule has 0 atom stereocenters. The Morgan fingerprint density at radius 3 is 2.08 bits per heavy atom. The quantitative estimate of drug-likeness (QED) is 0.477. The Balaban J connectivity index is 3.47. The van der Waals surface area contributed by atoms with Crippen LogP contribution in [-0.2, 0) is 0 Å². The van der Waals surface area contributed by atoms with Crippen LogP contribution in [0.15, 0.2) is 0 Å². The molecule has 0 aliphatic heterocycles. The maximum Gasteiger partial charge on any atom is 0.0573 e. The highest BCUT2D eigenvalue weighted by Gasteiger charge is 2.22. The molecule has 0 aliphatic rings. The Morgan fingerprint density at radius 1 is 1.08 bits per heavy atom. The normalized spacial score (nSPS) is 12.5. The van der Waals surface area contributed by atoms with E-state index in [1.54, 1.807) is 0 Å². The van der Waals surface area contributed by atoms with Crippen LogP contribution in [0.2, 0.25) is 0 Å². The van der Waals surface area contributed by atoms with Crippen LogP contribution in [0.1, 0.15) is 52.9 Å². The molecular formula is C10H24N2. The summed E-state index contributed by atoms with van der Waals surface area (Å²) in [7, 11) is 0. The van der Waals surface area contributed by atoms with E-state index in [1.165, 1.54) is 25.7 Å². The Bertz CT molecular complexity index is 108. The predicted octanol–water partition coefficient (Wildman–Crippen LogP) is 2.23. The summed E-state index contributed by atoms with van der Waals surface area (Å²) in [6.07, 6.45) is 6.15. The van der Waals surface area contributed by atoms with E-state index in [0.29, 0.717) is 0 Å². The lowest BCUT2D eigenvalue weighted by atomic mass is 9.84. The Morgan fingerprint density at radius 2 is 1.67 bits per heavy atom. The van der Waals surface area contributed by atoms with Crippen molar-refractivity contribution in [3.05, 3.63) is 0 Å².